The van der Waals surface area contributed by atoms with Crippen LogP contribution >= 0.6 is 0 Å². The third-order valence-corrected chi connectivity index (χ3v) is 5.58. The molecule has 0 aromatic heterocycles. The van der Waals surface area contributed by atoms with E-state index in [0.29, 0.717) is 25.7 Å². The molecule has 2 aromatic rings. The second-order valence-electron chi connectivity index (χ2n) is 7.58. The van der Waals surface area contributed by atoms with Gasteiger partial charge in [-0.25, -0.2) is 0 Å². The lowest BCUT2D eigenvalue weighted by molar-refractivity contribution is 0.0262. The molecule has 0 saturated heterocycles. The van der Waals surface area contributed by atoms with E-state index in [4.69, 9.17) is 20.3 Å². The summed E-state index contributed by atoms with van der Waals surface area (Å²) < 4.78 is 11.8. The zero-order chi connectivity index (χ0) is 19.6. The van der Waals surface area contributed by atoms with Gasteiger partial charge in [0.05, 0.1) is 12.7 Å². The Kier molecular flexibility index (Phi) is 8.34. The number of benzene rings is 2. The Labute approximate surface area is 168 Å². The number of aliphatic hydroxyl groups excluding tert-OH is 1. The molecule has 1 aliphatic carbocycles. The minimum absolute atomic E-state index is 0.263. The molecule has 0 unspecified atom stereocenters. The van der Waals surface area contributed by atoms with Gasteiger partial charge in [0.15, 0.2) is 0 Å². The fraction of sp³-hybridized carbons (Fsp3) is 0.500. The molecule has 152 valence electrons. The monoisotopic (exact) mass is 383 g/mol. The topological polar surface area (TPSA) is 64.7 Å². The van der Waals surface area contributed by atoms with Gasteiger partial charge < -0.3 is 20.3 Å². The highest BCUT2D eigenvalue weighted by atomic mass is 16.5. The normalized spacial score (nSPS) is 17.1. The Bertz CT molecular complexity index is 704. The van der Waals surface area contributed by atoms with Crippen molar-refractivity contribution < 1.29 is 14.6 Å². The number of hydrogen-bond acceptors (Lipinski definition) is 4. The maximum Gasteiger partial charge on any atom is 0.119 e. The van der Waals surface area contributed by atoms with Crippen LogP contribution < -0.4 is 10.5 Å². The fourth-order valence-electron chi connectivity index (χ4n) is 3.95. The van der Waals surface area contributed by atoms with Gasteiger partial charge in [-0.1, -0.05) is 42.8 Å². The number of fused-ring (bicyclic) bond motifs is 1. The van der Waals surface area contributed by atoms with Crippen LogP contribution in [0.15, 0.2) is 48.5 Å². The number of ether oxygens (including phenoxy) is 2. The maximum atomic E-state index is 8.99. The molecule has 28 heavy (non-hydrogen) atoms. The Morgan fingerprint density at radius 3 is 2.68 bits per heavy atom. The third kappa shape index (κ3) is 6.06. The molecule has 0 radical (unpaired) electrons. The molecule has 2 atom stereocenters. The van der Waals surface area contributed by atoms with Gasteiger partial charge in [-0.05, 0) is 73.4 Å². The summed E-state index contributed by atoms with van der Waals surface area (Å²) in [5.74, 6) is 1.28. The summed E-state index contributed by atoms with van der Waals surface area (Å²) in [5.41, 5.74) is 10.2. The van der Waals surface area contributed by atoms with E-state index in [1.54, 1.807) is 0 Å². The van der Waals surface area contributed by atoms with Gasteiger partial charge in [-0.3, -0.25) is 0 Å². The molecule has 0 amide bonds. The van der Waals surface area contributed by atoms with Crippen molar-refractivity contribution >= 4 is 0 Å². The molecule has 0 spiro atoms. The van der Waals surface area contributed by atoms with Gasteiger partial charge in [0, 0.05) is 6.61 Å². The largest absolute Gasteiger partial charge is 0.491 e. The van der Waals surface area contributed by atoms with Crippen molar-refractivity contribution in [1.29, 1.82) is 0 Å². The molecule has 0 bridgehead atoms. The lowest BCUT2D eigenvalue weighted by atomic mass is 9.85. The summed E-state index contributed by atoms with van der Waals surface area (Å²) in [5, 5.41) is 8.99. The Morgan fingerprint density at radius 1 is 1.04 bits per heavy atom. The van der Waals surface area contributed by atoms with Crippen molar-refractivity contribution in [2.24, 2.45) is 5.73 Å². The van der Waals surface area contributed by atoms with E-state index in [9.17, 15) is 0 Å². The Morgan fingerprint density at radius 2 is 1.89 bits per heavy atom. The number of rotatable bonds is 11. The van der Waals surface area contributed by atoms with Crippen molar-refractivity contribution in [3.63, 3.8) is 0 Å². The van der Waals surface area contributed by atoms with Crippen LogP contribution in [0.4, 0.5) is 0 Å². The minimum atomic E-state index is 0.263. The van der Waals surface area contributed by atoms with Crippen molar-refractivity contribution in [2.45, 2.75) is 50.5 Å². The van der Waals surface area contributed by atoms with Gasteiger partial charge in [0.2, 0.25) is 0 Å². The molecule has 0 saturated carbocycles. The second-order valence-corrected chi connectivity index (χ2v) is 7.58. The number of aliphatic hydroxyl groups is 1. The van der Waals surface area contributed by atoms with Crippen molar-refractivity contribution in [3.05, 3.63) is 65.2 Å². The van der Waals surface area contributed by atoms with Crippen LogP contribution in [0.3, 0.4) is 0 Å². The quantitative estimate of drug-likeness (QED) is 0.579. The number of aryl methyl sites for hydroxylation is 1. The van der Waals surface area contributed by atoms with Crippen molar-refractivity contribution in [2.75, 3.05) is 26.4 Å². The first-order valence-electron chi connectivity index (χ1n) is 10.5. The van der Waals surface area contributed by atoms with E-state index in [2.05, 4.69) is 18.2 Å². The zero-order valence-electron chi connectivity index (χ0n) is 16.7. The molecule has 1 aliphatic rings. The molecule has 3 N–H and O–H groups in total. The fourth-order valence-corrected chi connectivity index (χ4v) is 3.95. The van der Waals surface area contributed by atoms with Crippen LogP contribution in [0.1, 0.15) is 48.3 Å². The molecule has 0 fully saturated rings. The van der Waals surface area contributed by atoms with Crippen molar-refractivity contribution in [1.82, 2.24) is 0 Å². The van der Waals surface area contributed by atoms with Gasteiger partial charge in [-0.2, -0.15) is 0 Å². The average Bonchev–Trinajstić information content (AvgIpc) is 2.75. The summed E-state index contributed by atoms with van der Waals surface area (Å²) in [6, 6.07) is 16.7. The van der Waals surface area contributed by atoms with Crippen LogP contribution in [0.5, 0.6) is 5.75 Å². The number of nitrogens with two attached hydrogens (primary N) is 1. The predicted octanol–water partition coefficient (Wildman–Crippen LogP) is 3.84. The van der Waals surface area contributed by atoms with Gasteiger partial charge in [-0.15, -0.1) is 0 Å². The van der Waals surface area contributed by atoms with Gasteiger partial charge in [0.1, 0.15) is 12.4 Å². The summed E-state index contributed by atoms with van der Waals surface area (Å²) in [6.07, 6.45) is 6.28. The Balaban J connectivity index is 1.47. The van der Waals surface area contributed by atoms with E-state index in [1.807, 2.05) is 30.3 Å². The smallest absolute Gasteiger partial charge is 0.119 e. The first-order chi connectivity index (χ1) is 13.8. The molecule has 4 heteroatoms. The second kappa shape index (κ2) is 11.2. The van der Waals surface area contributed by atoms with Crippen LogP contribution in [-0.4, -0.2) is 37.6 Å². The lowest BCUT2D eigenvalue weighted by Gasteiger charge is -2.26. The van der Waals surface area contributed by atoms with Crippen LogP contribution in [0.25, 0.3) is 0 Å². The number of para-hydroxylation sites is 1. The lowest BCUT2D eigenvalue weighted by Crippen LogP contribution is -2.25. The molecule has 2 aromatic carbocycles. The maximum absolute atomic E-state index is 8.99. The predicted molar refractivity (Wildman–Crippen MR) is 113 cm³/mol. The standard InChI is InChI=1S/C24H33NO3/c25-18-22(6-4-5-13-26)20-9-10-21-17-24(12-11-19(21)16-20)28-15-14-27-23-7-2-1-3-8-23/h1-3,7-10,16,22,24,26H,4-6,11-15,17-18,25H2/t22-,24-/m0/s1. The molecular formula is C24H33NO3. The summed E-state index contributed by atoms with van der Waals surface area (Å²) >= 11 is 0. The minimum Gasteiger partial charge on any atom is -0.491 e. The first kappa shape index (κ1) is 20.8. The Hall–Kier alpha value is -1.88. The van der Waals surface area contributed by atoms with E-state index in [0.717, 1.165) is 44.3 Å². The van der Waals surface area contributed by atoms with Crippen molar-refractivity contribution in [3.8, 4) is 5.75 Å². The van der Waals surface area contributed by atoms with Crippen LogP contribution in [0, 0.1) is 0 Å². The van der Waals surface area contributed by atoms with Crippen LogP contribution in [0.2, 0.25) is 0 Å². The summed E-state index contributed by atoms with van der Waals surface area (Å²) in [7, 11) is 0. The number of unbranched alkanes of at least 4 members (excludes halogenated alkanes) is 1. The van der Waals surface area contributed by atoms with E-state index in [-0.39, 0.29) is 12.7 Å². The highest BCUT2D eigenvalue weighted by Gasteiger charge is 2.20. The third-order valence-electron chi connectivity index (χ3n) is 5.58. The molecule has 0 aliphatic heterocycles. The zero-order valence-corrected chi connectivity index (χ0v) is 16.7. The van der Waals surface area contributed by atoms with Gasteiger partial charge in [0.25, 0.3) is 0 Å². The molecule has 0 heterocycles. The van der Waals surface area contributed by atoms with E-state index in [1.165, 1.54) is 16.7 Å². The highest BCUT2D eigenvalue weighted by Crippen LogP contribution is 2.28. The summed E-state index contributed by atoms with van der Waals surface area (Å²) in [4.78, 5) is 0. The molecular weight excluding hydrogens is 350 g/mol. The average molecular weight is 384 g/mol. The van der Waals surface area contributed by atoms with E-state index >= 15 is 0 Å². The van der Waals surface area contributed by atoms with Gasteiger partial charge >= 0.3 is 0 Å². The van der Waals surface area contributed by atoms with Crippen LogP contribution in [-0.2, 0) is 17.6 Å². The van der Waals surface area contributed by atoms with E-state index < -0.39 is 0 Å². The SMILES string of the molecule is NC[C@H](CCCCO)c1ccc2c(c1)CC[C@H](OCCOc1ccccc1)C2. The number of hydrogen-bond donors (Lipinski definition) is 2. The highest BCUT2D eigenvalue weighted by molar-refractivity contribution is 5.36. The molecule has 3 rings (SSSR count). The first-order valence-corrected chi connectivity index (χ1v) is 10.5. The summed E-state index contributed by atoms with van der Waals surface area (Å²) in [6.45, 7) is 2.13. The molecule has 4 nitrogen and oxygen atoms in total.